The normalized spacial score (nSPS) is 30.4. The number of nitrogens with zero attached hydrogens (tertiary/aromatic N) is 1. The highest BCUT2D eigenvalue weighted by atomic mass is 127. The molecule has 1 fully saturated rings. The molecule has 0 unspecified atom stereocenters. The standard InChI is InChI=1S/C8H14INO2/c1-6-4-10(8(11)3-9)5-7(2)12-6/h6-7H,3-5H2,1-2H3/t6-,7-/m1/s1. The minimum atomic E-state index is 0.181. The second-order valence-corrected chi connectivity index (χ2v) is 3.95. The third-order valence-corrected chi connectivity index (χ3v) is 2.54. The topological polar surface area (TPSA) is 29.5 Å². The minimum Gasteiger partial charge on any atom is -0.372 e. The Labute approximate surface area is 86.6 Å². The number of amides is 1. The fourth-order valence-electron chi connectivity index (χ4n) is 1.47. The Morgan fingerprint density at radius 3 is 2.42 bits per heavy atom. The fraction of sp³-hybridized carbons (Fsp3) is 0.875. The van der Waals surface area contributed by atoms with Gasteiger partial charge in [0.05, 0.1) is 16.6 Å². The Hall–Kier alpha value is 0.160. The number of morpholine rings is 1. The van der Waals surface area contributed by atoms with Crippen LogP contribution in [0.5, 0.6) is 0 Å². The molecule has 0 aromatic rings. The van der Waals surface area contributed by atoms with Gasteiger partial charge in [0.1, 0.15) is 0 Å². The molecule has 0 N–H and O–H groups in total. The van der Waals surface area contributed by atoms with Crippen molar-refractivity contribution < 1.29 is 9.53 Å². The van der Waals surface area contributed by atoms with Crippen LogP contribution in [-0.4, -0.2) is 40.5 Å². The van der Waals surface area contributed by atoms with Crippen LogP contribution in [0.1, 0.15) is 13.8 Å². The van der Waals surface area contributed by atoms with Gasteiger partial charge in [0.2, 0.25) is 5.91 Å². The highest BCUT2D eigenvalue weighted by Crippen LogP contribution is 2.11. The van der Waals surface area contributed by atoms with Gasteiger partial charge in [-0.25, -0.2) is 0 Å². The molecule has 1 aliphatic heterocycles. The number of halogens is 1. The van der Waals surface area contributed by atoms with Gasteiger partial charge in [-0.05, 0) is 13.8 Å². The number of carbonyl (C=O) groups excluding carboxylic acids is 1. The summed E-state index contributed by atoms with van der Waals surface area (Å²) in [4.78, 5) is 13.2. The molecule has 4 heteroatoms. The van der Waals surface area contributed by atoms with Gasteiger partial charge in [0.25, 0.3) is 0 Å². The second-order valence-electron chi connectivity index (χ2n) is 3.19. The van der Waals surface area contributed by atoms with E-state index in [4.69, 9.17) is 4.74 Å². The average Bonchev–Trinajstić information content (AvgIpc) is 2.01. The summed E-state index contributed by atoms with van der Waals surface area (Å²) in [5.41, 5.74) is 0. The Balaban J connectivity index is 2.49. The Morgan fingerprint density at radius 2 is 2.00 bits per heavy atom. The van der Waals surface area contributed by atoms with Crippen LogP contribution in [0.4, 0.5) is 0 Å². The Morgan fingerprint density at radius 1 is 1.50 bits per heavy atom. The number of hydrogen-bond acceptors (Lipinski definition) is 2. The van der Waals surface area contributed by atoms with Crippen LogP contribution in [0.2, 0.25) is 0 Å². The molecule has 0 aliphatic carbocycles. The van der Waals surface area contributed by atoms with Crippen LogP contribution in [0.25, 0.3) is 0 Å². The van der Waals surface area contributed by atoms with Crippen LogP contribution < -0.4 is 0 Å². The lowest BCUT2D eigenvalue weighted by Gasteiger charge is -2.35. The number of rotatable bonds is 1. The van der Waals surface area contributed by atoms with Gasteiger partial charge in [0, 0.05) is 13.1 Å². The van der Waals surface area contributed by atoms with Gasteiger partial charge >= 0.3 is 0 Å². The first-order valence-electron chi connectivity index (χ1n) is 4.12. The maximum absolute atomic E-state index is 11.3. The summed E-state index contributed by atoms with van der Waals surface area (Å²) >= 11 is 2.10. The van der Waals surface area contributed by atoms with E-state index in [-0.39, 0.29) is 18.1 Å². The summed E-state index contributed by atoms with van der Waals surface area (Å²) in [6, 6.07) is 0. The molecule has 0 spiro atoms. The largest absolute Gasteiger partial charge is 0.372 e. The van der Waals surface area contributed by atoms with Crippen LogP contribution in [0.15, 0.2) is 0 Å². The van der Waals surface area contributed by atoms with Crippen molar-refractivity contribution in [1.82, 2.24) is 4.90 Å². The monoisotopic (exact) mass is 283 g/mol. The number of carbonyl (C=O) groups is 1. The van der Waals surface area contributed by atoms with E-state index in [1.807, 2.05) is 18.7 Å². The van der Waals surface area contributed by atoms with Gasteiger partial charge in [-0.3, -0.25) is 4.79 Å². The third kappa shape index (κ3) is 2.58. The van der Waals surface area contributed by atoms with E-state index in [1.54, 1.807) is 0 Å². The van der Waals surface area contributed by atoms with E-state index in [0.717, 1.165) is 13.1 Å². The van der Waals surface area contributed by atoms with Crippen molar-refractivity contribution in [2.24, 2.45) is 0 Å². The molecule has 1 heterocycles. The zero-order chi connectivity index (χ0) is 9.14. The lowest BCUT2D eigenvalue weighted by molar-refractivity contribution is -0.140. The zero-order valence-electron chi connectivity index (χ0n) is 7.42. The molecule has 2 atom stereocenters. The number of ether oxygens (including phenoxy) is 1. The van der Waals surface area contributed by atoms with Gasteiger partial charge in [-0.2, -0.15) is 0 Å². The Bertz CT molecular complexity index is 164. The van der Waals surface area contributed by atoms with Gasteiger partial charge in [-0.1, -0.05) is 22.6 Å². The summed E-state index contributed by atoms with van der Waals surface area (Å²) in [7, 11) is 0. The molecule has 0 bridgehead atoms. The maximum atomic E-state index is 11.3. The van der Waals surface area contributed by atoms with Crippen molar-refractivity contribution in [3.8, 4) is 0 Å². The first kappa shape index (κ1) is 10.2. The van der Waals surface area contributed by atoms with Crippen molar-refractivity contribution in [3.05, 3.63) is 0 Å². The van der Waals surface area contributed by atoms with E-state index < -0.39 is 0 Å². The molecule has 0 aromatic heterocycles. The molecule has 0 aromatic carbocycles. The summed E-state index contributed by atoms with van der Waals surface area (Å²) < 4.78 is 6.08. The molecule has 1 amide bonds. The molecule has 1 aliphatic rings. The van der Waals surface area contributed by atoms with E-state index in [2.05, 4.69) is 22.6 Å². The van der Waals surface area contributed by atoms with E-state index in [9.17, 15) is 4.79 Å². The molecule has 0 saturated carbocycles. The van der Waals surface area contributed by atoms with Gasteiger partial charge in [-0.15, -0.1) is 0 Å². The van der Waals surface area contributed by atoms with Crippen LogP contribution in [-0.2, 0) is 9.53 Å². The average molecular weight is 283 g/mol. The smallest absolute Gasteiger partial charge is 0.232 e. The van der Waals surface area contributed by atoms with Crippen LogP contribution in [0, 0.1) is 0 Å². The lowest BCUT2D eigenvalue weighted by Crippen LogP contribution is -2.48. The predicted octanol–water partition coefficient (Wildman–Crippen LogP) is 1.06. The Kier molecular flexibility index (Phi) is 3.77. The van der Waals surface area contributed by atoms with Crippen molar-refractivity contribution in [2.75, 3.05) is 17.5 Å². The predicted molar refractivity (Wildman–Crippen MR) is 55.5 cm³/mol. The summed E-state index contributed by atoms with van der Waals surface area (Å²) in [5.74, 6) is 0.220. The first-order chi connectivity index (χ1) is 5.63. The molecular weight excluding hydrogens is 269 g/mol. The molecule has 1 saturated heterocycles. The van der Waals surface area contributed by atoms with Crippen molar-refractivity contribution >= 4 is 28.5 Å². The quantitative estimate of drug-likeness (QED) is 0.532. The molecular formula is C8H14INO2. The van der Waals surface area contributed by atoms with E-state index in [0.29, 0.717) is 4.43 Å². The van der Waals surface area contributed by atoms with E-state index >= 15 is 0 Å². The molecule has 12 heavy (non-hydrogen) atoms. The summed E-state index contributed by atoms with van der Waals surface area (Å²) in [6.07, 6.45) is 0.362. The third-order valence-electron chi connectivity index (χ3n) is 1.89. The maximum Gasteiger partial charge on any atom is 0.232 e. The zero-order valence-corrected chi connectivity index (χ0v) is 9.58. The highest BCUT2D eigenvalue weighted by molar-refractivity contribution is 14.1. The molecule has 70 valence electrons. The molecule has 0 radical (unpaired) electrons. The van der Waals surface area contributed by atoms with Crippen LogP contribution >= 0.6 is 22.6 Å². The van der Waals surface area contributed by atoms with Crippen molar-refractivity contribution in [2.45, 2.75) is 26.1 Å². The van der Waals surface area contributed by atoms with E-state index in [1.165, 1.54) is 0 Å². The molecule has 3 nitrogen and oxygen atoms in total. The highest BCUT2D eigenvalue weighted by Gasteiger charge is 2.24. The first-order valence-corrected chi connectivity index (χ1v) is 5.65. The minimum absolute atomic E-state index is 0.181. The number of alkyl halides is 1. The molecule has 1 rings (SSSR count). The number of hydrogen-bond donors (Lipinski definition) is 0. The van der Waals surface area contributed by atoms with Crippen molar-refractivity contribution in [3.63, 3.8) is 0 Å². The van der Waals surface area contributed by atoms with Crippen LogP contribution in [0.3, 0.4) is 0 Å². The SMILES string of the molecule is C[C@@H]1CN(C(=O)CI)C[C@@H](C)O1. The summed E-state index contributed by atoms with van der Waals surface area (Å²) in [5, 5.41) is 0. The second kappa shape index (κ2) is 4.41. The van der Waals surface area contributed by atoms with Gasteiger partial charge < -0.3 is 9.64 Å². The van der Waals surface area contributed by atoms with Crippen molar-refractivity contribution in [1.29, 1.82) is 0 Å². The fourth-order valence-corrected chi connectivity index (χ4v) is 1.95. The lowest BCUT2D eigenvalue weighted by atomic mass is 10.2. The van der Waals surface area contributed by atoms with Gasteiger partial charge in [0.15, 0.2) is 0 Å². The summed E-state index contributed by atoms with van der Waals surface area (Å²) in [6.45, 7) is 5.49.